The van der Waals surface area contributed by atoms with E-state index in [1.54, 1.807) is 0 Å². The van der Waals surface area contributed by atoms with Crippen molar-refractivity contribution in [1.82, 2.24) is 24.6 Å². The second-order valence-corrected chi connectivity index (χ2v) is 10.2. The van der Waals surface area contributed by atoms with Crippen molar-refractivity contribution in [3.63, 3.8) is 0 Å². The average Bonchev–Trinajstić information content (AvgIpc) is 3.51. The van der Waals surface area contributed by atoms with Crippen LogP contribution in [0.4, 0.5) is 0 Å². The Morgan fingerprint density at radius 2 is 1.94 bits per heavy atom. The number of H-pyrrole nitrogens is 1. The molecule has 5 heterocycles. The maximum absolute atomic E-state index is 13.7. The van der Waals surface area contributed by atoms with Crippen molar-refractivity contribution in [1.29, 1.82) is 0 Å². The van der Waals surface area contributed by atoms with E-state index in [0.29, 0.717) is 52.0 Å². The molecule has 34 heavy (non-hydrogen) atoms. The number of likely N-dealkylation sites (tertiary alicyclic amines) is 2. The molecule has 1 aromatic heterocycles. The van der Waals surface area contributed by atoms with Crippen LogP contribution in [-0.2, 0) is 20.9 Å². The highest BCUT2D eigenvalue weighted by atomic mass is 16.3. The van der Waals surface area contributed by atoms with Crippen LogP contribution in [0.2, 0.25) is 0 Å². The lowest BCUT2D eigenvalue weighted by Crippen LogP contribution is -2.81. The van der Waals surface area contributed by atoms with E-state index in [0.717, 1.165) is 25.0 Å². The van der Waals surface area contributed by atoms with Crippen LogP contribution in [0.15, 0.2) is 30.5 Å². The van der Waals surface area contributed by atoms with Crippen LogP contribution in [0.5, 0.6) is 0 Å². The first kappa shape index (κ1) is 21.8. The zero-order chi connectivity index (χ0) is 23.4. The minimum atomic E-state index is -0.758. The zero-order valence-electron chi connectivity index (χ0n) is 19.3. The predicted molar refractivity (Wildman–Crippen MR) is 125 cm³/mol. The van der Waals surface area contributed by atoms with E-state index in [2.05, 4.69) is 22.0 Å². The molecule has 9 nitrogen and oxygen atoms in total. The number of aliphatic hydroxyl groups excluding tert-OH is 1. The monoisotopic (exact) mass is 465 g/mol. The average molecular weight is 466 g/mol. The number of fused-ring (bicyclic) bond motifs is 3. The van der Waals surface area contributed by atoms with E-state index in [1.165, 1.54) is 15.8 Å². The summed E-state index contributed by atoms with van der Waals surface area (Å²) in [5.74, 6) is -0.189. The van der Waals surface area contributed by atoms with Crippen LogP contribution in [0.25, 0.3) is 10.9 Å². The van der Waals surface area contributed by atoms with E-state index < -0.39 is 17.7 Å². The van der Waals surface area contributed by atoms with Gasteiger partial charge in [0.15, 0.2) is 0 Å². The highest BCUT2D eigenvalue weighted by Crippen LogP contribution is 2.41. The number of aromatic nitrogens is 1. The van der Waals surface area contributed by atoms with E-state index >= 15 is 0 Å². The van der Waals surface area contributed by atoms with Crippen molar-refractivity contribution >= 4 is 28.6 Å². The third-order valence-electron chi connectivity index (χ3n) is 8.04. The van der Waals surface area contributed by atoms with Crippen LogP contribution in [0.3, 0.4) is 0 Å². The van der Waals surface area contributed by atoms with Crippen molar-refractivity contribution in [3.8, 4) is 0 Å². The normalized spacial score (nSPS) is 27.3. The smallest absolute Gasteiger partial charge is 0.252 e. The first-order valence-electron chi connectivity index (χ1n) is 12.3. The van der Waals surface area contributed by atoms with E-state index in [1.807, 2.05) is 28.1 Å². The number of carbonyl (C=O) groups is 3. The molecule has 3 amide bonds. The van der Waals surface area contributed by atoms with Gasteiger partial charge in [0.2, 0.25) is 11.8 Å². The Hall–Kier alpha value is -2.75. The van der Waals surface area contributed by atoms with Crippen molar-refractivity contribution < 1.29 is 19.5 Å². The number of nitrogens with zero attached hydrogens (tertiary/aromatic N) is 4. The molecule has 0 bridgehead atoms. The summed E-state index contributed by atoms with van der Waals surface area (Å²) in [5, 5.41) is 11.5. The number of rotatable bonds is 6. The minimum absolute atomic E-state index is 0.147. The number of hydrogen-bond donors (Lipinski definition) is 2. The first-order valence-corrected chi connectivity index (χ1v) is 12.3. The molecule has 180 valence electrons. The number of imide groups is 1. The van der Waals surface area contributed by atoms with Gasteiger partial charge in [-0.2, -0.15) is 0 Å². The maximum Gasteiger partial charge on any atom is 0.252 e. The van der Waals surface area contributed by atoms with Crippen LogP contribution >= 0.6 is 0 Å². The number of aliphatic hydroxyl groups is 1. The van der Waals surface area contributed by atoms with Gasteiger partial charge in [0.1, 0.15) is 5.54 Å². The fraction of sp³-hybridized carbons (Fsp3) is 0.560. The van der Waals surface area contributed by atoms with E-state index in [4.69, 9.17) is 0 Å². The Labute approximate surface area is 198 Å². The minimum Gasteiger partial charge on any atom is -0.392 e. The van der Waals surface area contributed by atoms with Gasteiger partial charge in [-0.3, -0.25) is 29.1 Å². The second-order valence-electron chi connectivity index (χ2n) is 10.2. The van der Waals surface area contributed by atoms with Gasteiger partial charge in [0, 0.05) is 69.3 Å². The summed E-state index contributed by atoms with van der Waals surface area (Å²) in [4.78, 5) is 49.6. The van der Waals surface area contributed by atoms with Crippen LogP contribution in [-0.4, -0.2) is 104 Å². The first-order chi connectivity index (χ1) is 16.5. The van der Waals surface area contributed by atoms with Gasteiger partial charge >= 0.3 is 0 Å². The second kappa shape index (κ2) is 8.18. The molecular weight excluding hydrogens is 434 g/mol. The molecule has 4 saturated heterocycles. The molecule has 2 aromatic rings. The molecule has 2 atom stereocenters. The number of para-hydroxylation sites is 1. The summed E-state index contributed by atoms with van der Waals surface area (Å²) in [6.45, 7) is 3.84. The van der Waals surface area contributed by atoms with Gasteiger partial charge in [-0.1, -0.05) is 18.2 Å². The standard InChI is InChI=1S/C25H31N5O4/c31-18-11-21-23(33)29(10-4-9-28-8-3-7-22(28)32)24(34)25(30(21)14-18)15-27(16-25)13-17-12-26-20-6-2-1-5-19(17)20/h1-2,5-6,12,18,21,26,31H,3-4,7-11,13-16H2. The summed E-state index contributed by atoms with van der Waals surface area (Å²) < 4.78 is 0. The number of hydrogen-bond acceptors (Lipinski definition) is 6. The Kier molecular flexibility index (Phi) is 5.24. The topological polar surface area (TPSA) is 100 Å². The number of aromatic amines is 1. The lowest BCUT2D eigenvalue weighted by molar-refractivity contribution is -0.180. The molecule has 0 saturated carbocycles. The Morgan fingerprint density at radius 1 is 1.12 bits per heavy atom. The molecule has 9 heteroatoms. The summed E-state index contributed by atoms with van der Waals surface area (Å²) in [6, 6.07) is 7.73. The highest BCUT2D eigenvalue weighted by molar-refractivity contribution is 6.06. The van der Waals surface area contributed by atoms with E-state index in [9.17, 15) is 19.5 Å². The third-order valence-corrected chi connectivity index (χ3v) is 8.04. The molecule has 0 radical (unpaired) electrons. The predicted octanol–water partition coefficient (Wildman–Crippen LogP) is 0.539. The fourth-order valence-electron chi connectivity index (χ4n) is 6.37. The number of β-amino-alcohol motifs (C(OH)–C–C–N with tert-alkyl or cyclic N) is 1. The Balaban J connectivity index is 1.17. The quantitative estimate of drug-likeness (QED) is 0.604. The SMILES string of the molecule is O=C1CCCN1CCCN1C(=O)C2CC(O)CN2C2(CN(Cc3c[nH]c4ccccc34)C2)C1=O. The molecule has 4 aliphatic heterocycles. The van der Waals surface area contributed by atoms with Gasteiger partial charge < -0.3 is 15.0 Å². The molecule has 4 aliphatic rings. The number of amides is 3. The third kappa shape index (κ3) is 3.37. The Bertz CT molecular complexity index is 1140. The molecule has 4 fully saturated rings. The fourth-order valence-corrected chi connectivity index (χ4v) is 6.37. The zero-order valence-corrected chi connectivity index (χ0v) is 19.3. The van der Waals surface area contributed by atoms with Crippen LogP contribution in [0, 0.1) is 0 Å². The van der Waals surface area contributed by atoms with Crippen LogP contribution in [0.1, 0.15) is 31.2 Å². The van der Waals surface area contributed by atoms with E-state index in [-0.39, 0.29) is 17.7 Å². The molecular formula is C25H31N5O4. The van der Waals surface area contributed by atoms with Crippen molar-refractivity contribution in [2.24, 2.45) is 0 Å². The van der Waals surface area contributed by atoms with Gasteiger partial charge in [-0.15, -0.1) is 0 Å². The molecule has 6 rings (SSSR count). The van der Waals surface area contributed by atoms with Crippen molar-refractivity contribution in [2.75, 3.05) is 39.3 Å². The lowest BCUT2D eigenvalue weighted by Gasteiger charge is -2.58. The summed E-state index contributed by atoms with van der Waals surface area (Å²) in [5.41, 5.74) is 1.53. The molecule has 0 aliphatic carbocycles. The molecule has 1 aromatic carbocycles. The van der Waals surface area contributed by atoms with Crippen molar-refractivity contribution in [2.45, 2.75) is 49.9 Å². The largest absolute Gasteiger partial charge is 0.392 e. The lowest BCUT2D eigenvalue weighted by atomic mass is 9.82. The number of nitrogens with one attached hydrogen (secondary N) is 1. The summed E-state index contributed by atoms with van der Waals surface area (Å²) >= 11 is 0. The Morgan fingerprint density at radius 3 is 2.74 bits per heavy atom. The van der Waals surface area contributed by atoms with Gasteiger partial charge in [0.05, 0.1) is 12.1 Å². The summed E-state index contributed by atoms with van der Waals surface area (Å²) in [6.07, 6.45) is 3.86. The molecule has 2 unspecified atom stereocenters. The summed E-state index contributed by atoms with van der Waals surface area (Å²) in [7, 11) is 0. The number of benzene rings is 1. The van der Waals surface area contributed by atoms with Gasteiger partial charge in [0.25, 0.3) is 5.91 Å². The molecule has 2 N–H and O–H groups in total. The van der Waals surface area contributed by atoms with Crippen LogP contribution < -0.4 is 0 Å². The van der Waals surface area contributed by atoms with Crippen molar-refractivity contribution in [3.05, 3.63) is 36.0 Å². The maximum atomic E-state index is 13.7. The number of piperazine rings is 1. The van der Waals surface area contributed by atoms with Gasteiger partial charge in [-0.05, 0) is 30.9 Å². The molecule has 1 spiro atoms. The highest BCUT2D eigenvalue weighted by Gasteiger charge is 2.64. The van der Waals surface area contributed by atoms with Gasteiger partial charge in [-0.25, -0.2) is 0 Å². The number of carbonyl (C=O) groups excluding carboxylic acids is 3.